The highest BCUT2D eigenvalue weighted by molar-refractivity contribution is 6.39. The number of benzene rings is 1. The van der Waals surface area contributed by atoms with Crippen LogP contribution in [0.2, 0.25) is 0 Å². The summed E-state index contributed by atoms with van der Waals surface area (Å²) in [5.74, 6) is -8.19. The van der Waals surface area contributed by atoms with Crippen LogP contribution in [0.4, 0.5) is 10.6 Å². The van der Waals surface area contributed by atoms with E-state index in [-0.39, 0.29) is 146 Å². The molecule has 4 amide bonds. The van der Waals surface area contributed by atoms with Gasteiger partial charge in [0.2, 0.25) is 17.6 Å². The number of phenols is 1. The molecule has 15 atom stereocenters. The number of nitrogens with one attached hydrogen (secondary N) is 4. The number of Topliss-reactive ketones (excluding diaryl/α,β-unsaturated/α-hetero) is 2. The number of amides is 4. The minimum absolute atomic E-state index is 0.0183. The summed E-state index contributed by atoms with van der Waals surface area (Å²) in [5.41, 5.74) is 17.4. The summed E-state index contributed by atoms with van der Waals surface area (Å²) in [6.45, 7) is 20.0. The molecule has 1 saturated carbocycles. The molecule has 2 saturated heterocycles. The first-order valence-electron chi connectivity index (χ1n) is 44.5. The number of alkyl carbamates (subject to hydrolysis) is 1. The molecule has 1 aromatic carbocycles. The lowest BCUT2D eigenvalue weighted by Crippen LogP contribution is -2.61. The Bertz CT molecular complexity index is 4540. The number of piperidine rings is 1. The van der Waals surface area contributed by atoms with E-state index in [1.54, 1.807) is 81.8 Å². The molecular weight excluding hydrogens is 1640 g/mol. The van der Waals surface area contributed by atoms with Crippen molar-refractivity contribution in [1.29, 1.82) is 0 Å². The zero-order valence-corrected chi connectivity index (χ0v) is 75.5. The number of H-pyrrole nitrogens is 1. The van der Waals surface area contributed by atoms with Crippen molar-refractivity contribution in [3.8, 4) is 17.1 Å². The van der Waals surface area contributed by atoms with E-state index in [0.29, 0.717) is 131 Å². The van der Waals surface area contributed by atoms with Gasteiger partial charge in [0.1, 0.15) is 65.8 Å². The largest absolute Gasteiger partial charge is 0.508 e. The Morgan fingerprint density at radius 3 is 2.17 bits per heavy atom. The first-order chi connectivity index (χ1) is 60.8. The number of nitrogen functional groups attached to an aromatic ring is 1. The number of aryl methyl sites for hydroxylation is 1. The second-order valence-corrected chi connectivity index (χ2v) is 34.5. The molecule has 1 aliphatic carbocycles. The number of hydrogen-bond acceptors (Lipinski definition) is 30. The van der Waals surface area contributed by atoms with Gasteiger partial charge in [0.25, 0.3) is 11.7 Å². The van der Waals surface area contributed by atoms with Gasteiger partial charge in [0.05, 0.1) is 113 Å². The summed E-state index contributed by atoms with van der Waals surface area (Å²) >= 11 is 0. The minimum Gasteiger partial charge on any atom is -0.508 e. The number of aromatic nitrogens is 8. The van der Waals surface area contributed by atoms with Crippen molar-refractivity contribution in [3.63, 3.8) is 0 Å². The molecule has 7 heterocycles. The average molecular weight is 1780 g/mol. The van der Waals surface area contributed by atoms with E-state index in [1.807, 2.05) is 71.1 Å². The van der Waals surface area contributed by atoms with Gasteiger partial charge in [-0.05, 0) is 159 Å². The van der Waals surface area contributed by atoms with Gasteiger partial charge >= 0.3 is 12.1 Å². The van der Waals surface area contributed by atoms with Crippen molar-refractivity contribution in [2.24, 2.45) is 40.5 Å². The number of fused-ring (bicyclic) bond motifs is 5. The number of aromatic amines is 1. The van der Waals surface area contributed by atoms with Crippen LogP contribution in [-0.2, 0) is 94.1 Å². The predicted octanol–water partition coefficient (Wildman–Crippen LogP) is 7.67. The van der Waals surface area contributed by atoms with Crippen LogP contribution in [-0.4, -0.2) is 279 Å². The number of rotatable bonds is 36. The number of ketones is 2. The first kappa shape index (κ1) is 101. The van der Waals surface area contributed by atoms with Gasteiger partial charge in [-0.3, -0.25) is 24.0 Å². The fraction of sp³-hybridized carbons (Fsp3) is 0.656. The SMILES string of the molecule is CO[C@H]1C[C@@H]2CC[C@@H](C)[C@@](O)(O2)C(=O)C(=O)N2CCCC[C@H]2C(=O)O[C@H]([C@H](N)C[C@@H]2CC[C@H](n3cc(COC(=O)NCCOCCOCCOCCC(=O)NCCOCCOCCC(=O)NCCCCn4nc(-c5cc6cc(O)ccc6[nH]5)c5c(N)ncnc54)nn3)[C@H](OC)C2)C/C(=N/OC(C)(C)C)[C@H](C)/C=C(\C)[C@@H](O)[C@@H](O)C(=O)[C@H](C)C[C@H](C)/C=C/C=CC=C1C. The van der Waals surface area contributed by atoms with Gasteiger partial charge in [-0.25, -0.2) is 28.9 Å². The number of aliphatic hydroxyl groups excluding tert-OH is 2. The lowest BCUT2D eigenvalue weighted by molar-refractivity contribution is -0.265. The molecular formula is C90H135N15O22. The molecule has 4 aliphatic rings. The van der Waals surface area contributed by atoms with Crippen LogP contribution >= 0.6 is 0 Å². The monoisotopic (exact) mass is 1780 g/mol. The maximum absolute atomic E-state index is 15.1. The number of hydrogen-bond donors (Lipinski definition) is 10. The number of unbranched alkanes of at least 4 members (excludes halogenated alkanes) is 1. The number of allylic oxidation sites excluding steroid dienone is 6. The topological polar surface area (TPSA) is 496 Å². The number of cyclic esters (lactones) is 1. The second-order valence-electron chi connectivity index (χ2n) is 34.5. The van der Waals surface area contributed by atoms with Gasteiger partial charge in [0.15, 0.2) is 11.4 Å². The van der Waals surface area contributed by atoms with Crippen molar-refractivity contribution in [1.82, 2.24) is 60.6 Å². The van der Waals surface area contributed by atoms with Crippen LogP contribution in [0.25, 0.3) is 33.3 Å². The zero-order valence-electron chi connectivity index (χ0n) is 75.5. The van der Waals surface area contributed by atoms with Crippen LogP contribution < -0.4 is 27.4 Å². The van der Waals surface area contributed by atoms with Gasteiger partial charge in [-0.15, -0.1) is 5.10 Å². The molecule has 127 heavy (non-hydrogen) atoms. The number of aliphatic hydroxyl groups is 3. The molecule has 5 aromatic rings. The number of anilines is 1. The van der Waals surface area contributed by atoms with Crippen molar-refractivity contribution >= 4 is 74.8 Å². The average Bonchev–Trinajstić information content (AvgIpc) is 1.50. The van der Waals surface area contributed by atoms with E-state index >= 15 is 4.79 Å². The number of carbonyl (C=O) groups excluding carboxylic acids is 7. The number of ether oxygens (including phenoxy) is 10. The fourth-order valence-electron chi connectivity index (χ4n) is 16.1. The quantitative estimate of drug-likeness (QED) is 0.00604. The molecule has 4 aromatic heterocycles. The Hall–Kier alpha value is -9.51. The molecule has 12 N–H and O–H groups in total. The van der Waals surface area contributed by atoms with Gasteiger partial charge in [0, 0.05) is 107 Å². The van der Waals surface area contributed by atoms with E-state index < -0.39 is 107 Å². The molecule has 0 spiro atoms. The number of carbonyl (C=O) groups is 7. The summed E-state index contributed by atoms with van der Waals surface area (Å²) in [4.78, 5) is 115. The summed E-state index contributed by atoms with van der Waals surface area (Å²) < 4.78 is 61.6. The van der Waals surface area contributed by atoms with Gasteiger partial charge < -0.3 is 110 Å². The van der Waals surface area contributed by atoms with Crippen LogP contribution in [0.1, 0.15) is 177 Å². The van der Waals surface area contributed by atoms with E-state index in [1.165, 1.54) is 11.2 Å². The second kappa shape index (κ2) is 50.5. The third kappa shape index (κ3) is 30.8. The van der Waals surface area contributed by atoms with Crippen LogP contribution in [0.15, 0.2) is 89.5 Å². The van der Waals surface area contributed by atoms with Crippen LogP contribution in [0, 0.1) is 29.6 Å². The van der Waals surface area contributed by atoms with Crippen molar-refractivity contribution in [2.75, 3.05) is 112 Å². The normalized spacial score (nSPS) is 26.1. The predicted molar refractivity (Wildman–Crippen MR) is 471 cm³/mol. The summed E-state index contributed by atoms with van der Waals surface area (Å²) in [6, 6.07) is 4.56. The third-order valence-electron chi connectivity index (χ3n) is 23.4. The van der Waals surface area contributed by atoms with Crippen molar-refractivity contribution in [2.45, 2.75) is 244 Å². The van der Waals surface area contributed by atoms with E-state index in [0.717, 1.165) is 28.6 Å². The summed E-state index contributed by atoms with van der Waals surface area (Å²) in [6.07, 6.45) is 13.8. The highest BCUT2D eigenvalue weighted by Crippen LogP contribution is 2.40. The fourth-order valence-corrected chi connectivity index (χ4v) is 16.1. The highest BCUT2D eigenvalue weighted by atomic mass is 16.7. The Kier molecular flexibility index (Phi) is 40.2. The molecule has 702 valence electrons. The lowest BCUT2D eigenvalue weighted by atomic mass is 9.79. The summed E-state index contributed by atoms with van der Waals surface area (Å²) in [5, 5.41) is 73.2. The number of aromatic hydroxyl groups is 1. The van der Waals surface area contributed by atoms with E-state index in [9.17, 15) is 49.2 Å². The van der Waals surface area contributed by atoms with Gasteiger partial charge in [-0.2, -0.15) is 5.10 Å². The first-order valence-corrected chi connectivity index (χ1v) is 44.5. The molecule has 0 unspecified atom stereocenters. The lowest BCUT2D eigenvalue weighted by Gasteiger charge is -2.42. The molecule has 3 aliphatic heterocycles. The molecule has 37 heteroatoms. The Morgan fingerprint density at radius 1 is 0.780 bits per heavy atom. The zero-order chi connectivity index (χ0) is 91.7. The Morgan fingerprint density at radius 2 is 1.47 bits per heavy atom. The standard InChI is InChI=1S/C90H135N15O22/c1-56-19-13-12-14-20-57(2)73(117-10)51-66-25-22-61(6)90(116,126-66)83(112)86(113)103-33-17-15-21-72(103)87(114)125-74(52-69(101-127-89(7,8)9)58(3)46-60(5)81(110)82(111)80(109)59(4)45-56)67(91)47-62-23-27-71(75(48-62)118-11)105-53-64(99-102-105)54-124-88(115)95-32-38-122-42-44-123-43-40-120-36-29-77(108)94-31-37-121-41-39-119-35-28-76(107)93-30-16-18-34-104-85-78(84(92)96-55-97-85)79(100-104)70-50-63-49-65(106)24-26-68(63)98-70/h12-14,19-20,24,26,46,49-50,53,55-56,58-59,61-62,66-67,71-75,81-82,98,106,110-111,116H,15-18,21-23,25,27-45,47-48,51-52,54,91H2,1-11H3,(H,93,107)(H,94,108)(H,95,115)(H2,92,96,97)/b14-12?,19-13+,57-20?,60-46+,101-69-/t56-,58-,59-,61-,62+,66+,67-,71+,72+,73+,74+,75-,81-,82+,90-/m1/s1. The van der Waals surface area contributed by atoms with Crippen molar-refractivity contribution < 1.29 is 106 Å². The maximum atomic E-state index is 15.1. The molecule has 9 rings (SSSR count). The van der Waals surface area contributed by atoms with Crippen LogP contribution in [0.3, 0.4) is 0 Å². The Labute approximate surface area is 742 Å². The van der Waals surface area contributed by atoms with Gasteiger partial charge in [-0.1, -0.05) is 74.5 Å². The number of oxime groups is 1. The molecule has 3 fully saturated rings. The molecule has 2 bridgehead atoms. The molecule has 37 nitrogen and oxygen atoms in total. The number of nitrogens with two attached hydrogens (primary N) is 2. The summed E-state index contributed by atoms with van der Waals surface area (Å²) in [7, 11) is 3.16. The number of methoxy groups -OCH3 is 2. The van der Waals surface area contributed by atoms with Crippen molar-refractivity contribution in [3.05, 3.63) is 90.1 Å². The van der Waals surface area contributed by atoms with E-state index in [2.05, 4.69) is 46.4 Å². The van der Waals surface area contributed by atoms with Crippen LogP contribution in [0.5, 0.6) is 5.75 Å². The highest BCUT2D eigenvalue weighted by Gasteiger charge is 2.53. The third-order valence-corrected chi connectivity index (χ3v) is 23.4. The number of esters is 1. The number of phenolic OH excluding ortho intramolecular Hbond substituents is 1. The maximum Gasteiger partial charge on any atom is 0.407 e. The molecule has 0 radical (unpaired) electrons. The van der Waals surface area contributed by atoms with E-state index in [4.69, 9.17) is 68.8 Å². The smallest absolute Gasteiger partial charge is 0.407 e. The minimum atomic E-state index is -2.51. The number of nitrogens with zero attached hydrogens (tertiary/aromatic N) is 9. The Balaban J connectivity index is 0.657.